The Morgan fingerprint density at radius 2 is 1.95 bits per heavy atom. The first-order valence-corrected chi connectivity index (χ1v) is 6.93. The smallest absolute Gasteiger partial charge is 0.339 e. The monoisotopic (exact) mass is 288 g/mol. The fourth-order valence-electron chi connectivity index (χ4n) is 3.21. The van der Waals surface area contributed by atoms with Gasteiger partial charge in [0.15, 0.2) is 0 Å². The second-order valence-corrected chi connectivity index (χ2v) is 5.46. The van der Waals surface area contributed by atoms with Crippen molar-refractivity contribution < 1.29 is 19.5 Å². The largest absolute Gasteiger partial charge is 0.479 e. The van der Waals surface area contributed by atoms with Crippen molar-refractivity contribution in [3.8, 4) is 0 Å². The van der Waals surface area contributed by atoms with Crippen molar-refractivity contribution in [1.82, 2.24) is 9.80 Å². The topological polar surface area (TPSA) is 77.9 Å². The minimum absolute atomic E-state index is 0.0528. The third kappa shape index (κ3) is 1.98. The Morgan fingerprint density at radius 3 is 2.62 bits per heavy atom. The van der Waals surface area contributed by atoms with E-state index in [9.17, 15) is 19.5 Å². The predicted molar refractivity (Wildman–Crippen MR) is 73.2 cm³/mol. The maximum Gasteiger partial charge on any atom is 0.339 e. The summed E-state index contributed by atoms with van der Waals surface area (Å²) in [4.78, 5) is 39.1. The highest BCUT2D eigenvalue weighted by molar-refractivity contribution is 6.12. The molecule has 1 unspecified atom stereocenters. The van der Waals surface area contributed by atoms with Crippen LogP contribution in [0.4, 0.5) is 0 Å². The van der Waals surface area contributed by atoms with Gasteiger partial charge in [0.25, 0.3) is 5.91 Å². The van der Waals surface area contributed by atoms with Crippen LogP contribution < -0.4 is 0 Å². The van der Waals surface area contributed by atoms with Crippen LogP contribution in [0, 0.1) is 0 Å². The highest BCUT2D eigenvalue weighted by Gasteiger charge is 2.60. The van der Waals surface area contributed by atoms with Gasteiger partial charge in [0.2, 0.25) is 11.4 Å². The molecule has 1 aromatic rings. The van der Waals surface area contributed by atoms with Crippen molar-refractivity contribution in [2.24, 2.45) is 0 Å². The van der Waals surface area contributed by atoms with Crippen LogP contribution in [-0.4, -0.2) is 51.3 Å². The number of piperazine rings is 1. The maximum atomic E-state index is 12.7. The first-order valence-electron chi connectivity index (χ1n) is 6.93. The molecule has 6 nitrogen and oxygen atoms in total. The van der Waals surface area contributed by atoms with Crippen LogP contribution in [0.25, 0.3) is 0 Å². The van der Waals surface area contributed by atoms with Gasteiger partial charge in [-0.2, -0.15) is 0 Å². The Bertz CT molecular complexity index is 601. The first-order chi connectivity index (χ1) is 10.1. The molecule has 0 saturated carbocycles. The molecule has 0 aromatic heterocycles. The molecule has 110 valence electrons. The van der Waals surface area contributed by atoms with Gasteiger partial charge in [0, 0.05) is 13.1 Å². The number of fused-ring (bicyclic) bond motifs is 1. The van der Waals surface area contributed by atoms with Gasteiger partial charge in [-0.15, -0.1) is 0 Å². The van der Waals surface area contributed by atoms with Gasteiger partial charge < -0.3 is 14.9 Å². The molecule has 3 rings (SSSR count). The van der Waals surface area contributed by atoms with E-state index in [0.717, 1.165) is 5.56 Å². The van der Waals surface area contributed by atoms with Crippen LogP contribution in [-0.2, 0) is 20.9 Å². The first kappa shape index (κ1) is 13.6. The lowest BCUT2D eigenvalue weighted by molar-refractivity contribution is -0.174. The van der Waals surface area contributed by atoms with Crippen LogP contribution in [0.5, 0.6) is 0 Å². The molecule has 0 radical (unpaired) electrons. The summed E-state index contributed by atoms with van der Waals surface area (Å²) in [6.07, 6.45) is 0.737. The van der Waals surface area contributed by atoms with Crippen molar-refractivity contribution in [3.63, 3.8) is 0 Å². The second kappa shape index (κ2) is 4.87. The molecular formula is C15H16N2O4. The van der Waals surface area contributed by atoms with E-state index >= 15 is 0 Å². The van der Waals surface area contributed by atoms with Crippen LogP contribution in [0.3, 0.4) is 0 Å². The lowest BCUT2D eigenvalue weighted by Gasteiger charge is -2.42. The lowest BCUT2D eigenvalue weighted by atomic mass is 9.91. The summed E-state index contributed by atoms with van der Waals surface area (Å²) < 4.78 is 0. The fourth-order valence-corrected chi connectivity index (χ4v) is 3.21. The van der Waals surface area contributed by atoms with Crippen molar-refractivity contribution in [2.75, 3.05) is 13.1 Å². The van der Waals surface area contributed by atoms with Crippen molar-refractivity contribution >= 4 is 17.8 Å². The van der Waals surface area contributed by atoms with E-state index in [4.69, 9.17) is 0 Å². The number of carboxylic acid groups (broad SMARTS) is 1. The predicted octanol–water partition coefficient (Wildman–Crippen LogP) is 0.475. The molecule has 1 N–H and O–H groups in total. The number of carbonyl (C=O) groups excluding carboxylic acids is 2. The highest BCUT2D eigenvalue weighted by atomic mass is 16.4. The summed E-state index contributed by atoms with van der Waals surface area (Å²) in [5.74, 6) is -1.99. The average molecular weight is 288 g/mol. The van der Waals surface area contributed by atoms with E-state index < -0.39 is 17.4 Å². The van der Waals surface area contributed by atoms with E-state index in [1.807, 2.05) is 30.3 Å². The van der Waals surface area contributed by atoms with Crippen molar-refractivity contribution in [2.45, 2.75) is 24.9 Å². The Hall–Kier alpha value is -2.37. The number of carbonyl (C=O) groups is 3. The van der Waals surface area contributed by atoms with Gasteiger partial charge in [-0.05, 0) is 18.4 Å². The minimum Gasteiger partial charge on any atom is -0.479 e. The molecule has 2 aliphatic rings. The van der Waals surface area contributed by atoms with Gasteiger partial charge in [-0.25, -0.2) is 4.79 Å². The number of nitrogens with zero attached hydrogens (tertiary/aromatic N) is 2. The summed E-state index contributed by atoms with van der Waals surface area (Å²) in [5, 5.41) is 9.53. The van der Waals surface area contributed by atoms with Gasteiger partial charge in [0.1, 0.15) is 6.54 Å². The number of benzene rings is 1. The average Bonchev–Trinajstić information content (AvgIpc) is 2.92. The maximum absolute atomic E-state index is 12.7. The standard InChI is InChI=1S/C15H16N2O4/c18-12-10-16(9-11-5-2-1-3-6-11)13(19)15(14(20)21)7-4-8-17(12)15/h1-3,5-6H,4,7-10H2,(H,20,21). The zero-order valence-corrected chi connectivity index (χ0v) is 11.5. The van der Waals surface area contributed by atoms with E-state index in [0.29, 0.717) is 13.0 Å². The van der Waals surface area contributed by atoms with E-state index in [-0.39, 0.29) is 25.4 Å². The number of carboxylic acids is 1. The summed E-state index contributed by atoms with van der Waals surface area (Å²) in [6, 6.07) is 9.27. The van der Waals surface area contributed by atoms with Gasteiger partial charge in [-0.1, -0.05) is 30.3 Å². The Balaban J connectivity index is 1.92. The molecule has 6 heteroatoms. The highest BCUT2D eigenvalue weighted by Crippen LogP contribution is 2.35. The third-order valence-electron chi connectivity index (χ3n) is 4.22. The summed E-state index contributed by atoms with van der Waals surface area (Å²) >= 11 is 0. The molecule has 2 amide bonds. The van der Waals surface area contributed by atoms with Crippen molar-refractivity contribution in [1.29, 1.82) is 0 Å². The molecule has 0 aliphatic carbocycles. The molecular weight excluding hydrogens is 272 g/mol. The van der Waals surface area contributed by atoms with Crippen LogP contribution in [0.1, 0.15) is 18.4 Å². The van der Waals surface area contributed by atoms with E-state index in [1.165, 1.54) is 9.80 Å². The minimum atomic E-state index is -1.69. The number of aliphatic carboxylic acids is 1. The molecule has 0 spiro atoms. The fraction of sp³-hybridized carbons (Fsp3) is 0.400. The number of rotatable bonds is 3. The van der Waals surface area contributed by atoms with E-state index in [2.05, 4.69) is 0 Å². The Labute approximate surface area is 122 Å². The Morgan fingerprint density at radius 1 is 1.24 bits per heavy atom. The van der Waals surface area contributed by atoms with Crippen LogP contribution in [0.2, 0.25) is 0 Å². The molecule has 2 saturated heterocycles. The van der Waals surface area contributed by atoms with Gasteiger partial charge in [-0.3, -0.25) is 9.59 Å². The summed E-state index contributed by atoms with van der Waals surface area (Å²) in [6.45, 7) is 0.549. The Kier molecular flexibility index (Phi) is 3.16. The molecule has 1 atom stereocenters. The normalized spacial score (nSPS) is 25.1. The lowest BCUT2D eigenvalue weighted by Crippen LogP contribution is -2.68. The SMILES string of the molecule is O=C1CN(Cc2ccccc2)C(=O)C2(C(=O)O)CCCN12. The third-order valence-corrected chi connectivity index (χ3v) is 4.22. The number of hydrogen-bond acceptors (Lipinski definition) is 3. The summed E-state index contributed by atoms with van der Waals surface area (Å²) in [5.41, 5.74) is -0.810. The zero-order valence-electron chi connectivity index (χ0n) is 11.5. The molecule has 21 heavy (non-hydrogen) atoms. The summed E-state index contributed by atoms with van der Waals surface area (Å²) in [7, 11) is 0. The molecule has 2 fully saturated rings. The number of hydrogen-bond donors (Lipinski definition) is 1. The molecule has 2 heterocycles. The quantitative estimate of drug-likeness (QED) is 0.820. The molecule has 2 aliphatic heterocycles. The number of amides is 2. The van der Waals surface area contributed by atoms with E-state index in [1.54, 1.807) is 0 Å². The van der Waals surface area contributed by atoms with Gasteiger partial charge >= 0.3 is 5.97 Å². The van der Waals surface area contributed by atoms with Gasteiger partial charge in [0.05, 0.1) is 0 Å². The zero-order chi connectivity index (χ0) is 15.0. The molecule has 1 aromatic carbocycles. The van der Waals surface area contributed by atoms with Crippen LogP contribution >= 0.6 is 0 Å². The van der Waals surface area contributed by atoms with Crippen LogP contribution in [0.15, 0.2) is 30.3 Å². The molecule has 0 bridgehead atoms. The van der Waals surface area contributed by atoms with Crippen molar-refractivity contribution in [3.05, 3.63) is 35.9 Å². The second-order valence-electron chi connectivity index (χ2n) is 5.46.